The van der Waals surface area contributed by atoms with Crippen molar-refractivity contribution in [3.8, 4) is 5.75 Å². The van der Waals surface area contributed by atoms with Crippen LogP contribution in [0, 0.1) is 0 Å². The number of hydrogen-bond donors (Lipinski definition) is 3. The molecular formula is C22H24N2O5. The van der Waals surface area contributed by atoms with Crippen molar-refractivity contribution in [2.45, 2.75) is 31.8 Å². The molecule has 152 valence electrons. The number of methoxy groups -OCH3 is 1. The van der Waals surface area contributed by atoms with Crippen molar-refractivity contribution in [3.05, 3.63) is 65.9 Å². The number of fused-ring (bicyclic) bond motifs is 1. The molecule has 7 nitrogen and oxygen atoms in total. The summed E-state index contributed by atoms with van der Waals surface area (Å²) in [6, 6.07) is 16.4. The maximum Gasteiger partial charge on any atom is 0.315 e. The van der Waals surface area contributed by atoms with E-state index in [2.05, 4.69) is 10.6 Å². The first kappa shape index (κ1) is 20.3. The van der Waals surface area contributed by atoms with Gasteiger partial charge in [0.25, 0.3) is 0 Å². The summed E-state index contributed by atoms with van der Waals surface area (Å²) in [6.07, 6.45) is 0.871. The van der Waals surface area contributed by atoms with Crippen LogP contribution in [0.4, 0.5) is 4.79 Å². The lowest BCUT2D eigenvalue weighted by molar-refractivity contribution is -0.137. The van der Waals surface area contributed by atoms with Crippen LogP contribution in [0.1, 0.15) is 24.2 Å². The van der Waals surface area contributed by atoms with Gasteiger partial charge in [0.15, 0.2) is 11.5 Å². The predicted octanol–water partition coefficient (Wildman–Crippen LogP) is 3.72. The number of nitrogens with one attached hydrogen (secondary N) is 2. The van der Waals surface area contributed by atoms with Gasteiger partial charge in [-0.1, -0.05) is 42.5 Å². The van der Waals surface area contributed by atoms with Crippen molar-refractivity contribution >= 4 is 23.0 Å². The fraction of sp³-hybridized carbons (Fsp3) is 0.273. The van der Waals surface area contributed by atoms with Gasteiger partial charge in [-0.2, -0.15) is 0 Å². The standard InChI is InChI=1S/C22H24N2O5/c1-28-21-17-9-5-6-10-18(17)29-19(21)14-23-22(27)24-16(11-12-20(25)26)13-15-7-3-2-4-8-15/h2-10,16H,11-14H2,1H3,(H,25,26)(H2,23,24,27). The number of rotatable bonds is 9. The maximum atomic E-state index is 12.4. The molecule has 1 heterocycles. The molecule has 1 aromatic heterocycles. The molecule has 3 rings (SSSR count). The predicted molar refractivity (Wildman–Crippen MR) is 109 cm³/mol. The van der Waals surface area contributed by atoms with E-state index in [0.717, 1.165) is 10.9 Å². The Hall–Kier alpha value is -3.48. The van der Waals surface area contributed by atoms with Crippen LogP contribution in [0.5, 0.6) is 5.75 Å². The Morgan fingerprint density at radius 1 is 1.10 bits per heavy atom. The molecule has 0 saturated carbocycles. The maximum absolute atomic E-state index is 12.4. The molecule has 1 unspecified atom stereocenters. The van der Waals surface area contributed by atoms with Crippen molar-refractivity contribution < 1.29 is 23.8 Å². The van der Waals surface area contributed by atoms with Gasteiger partial charge >= 0.3 is 12.0 Å². The highest BCUT2D eigenvalue weighted by molar-refractivity contribution is 5.85. The molecule has 3 aromatic rings. The van der Waals surface area contributed by atoms with E-state index in [0.29, 0.717) is 29.9 Å². The minimum Gasteiger partial charge on any atom is -0.492 e. The number of furan rings is 1. The first-order valence-corrected chi connectivity index (χ1v) is 9.41. The van der Waals surface area contributed by atoms with Crippen molar-refractivity contribution in [2.24, 2.45) is 0 Å². The van der Waals surface area contributed by atoms with Gasteiger partial charge in [0, 0.05) is 12.5 Å². The number of carbonyl (C=O) groups is 2. The molecule has 29 heavy (non-hydrogen) atoms. The summed E-state index contributed by atoms with van der Waals surface area (Å²) in [5.41, 5.74) is 1.71. The average Bonchev–Trinajstić information content (AvgIpc) is 3.08. The van der Waals surface area contributed by atoms with Gasteiger partial charge < -0.3 is 24.9 Å². The second kappa shape index (κ2) is 9.64. The van der Waals surface area contributed by atoms with Crippen molar-refractivity contribution in [1.29, 1.82) is 0 Å². The summed E-state index contributed by atoms with van der Waals surface area (Å²) in [6.45, 7) is 0.153. The molecule has 0 radical (unpaired) electrons. The SMILES string of the molecule is COc1c(CNC(=O)NC(CCC(=O)O)Cc2ccccc2)oc2ccccc12. The van der Waals surface area contributed by atoms with E-state index in [1.807, 2.05) is 54.6 Å². The molecular weight excluding hydrogens is 372 g/mol. The lowest BCUT2D eigenvalue weighted by Crippen LogP contribution is -2.43. The number of aliphatic carboxylic acids is 1. The summed E-state index contributed by atoms with van der Waals surface area (Å²) in [5.74, 6) is 0.221. The molecule has 0 aliphatic heterocycles. The van der Waals surface area contributed by atoms with Crippen molar-refractivity contribution in [2.75, 3.05) is 7.11 Å². The van der Waals surface area contributed by atoms with Gasteiger partial charge in [0.1, 0.15) is 5.58 Å². The summed E-state index contributed by atoms with van der Waals surface area (Å²) in [5, 5.41) is 15.5. The quantitative estimate of drug-likeness (QED) is 0.512. The summed E-state index contributed by atoms with van der Waals surface area (Å²) < 4.78 is 11.2. The molecule has 0 spiro atoms. The van der Waals surface area contributed by atoms with Gasteiger partial charge in [-0.3, -0.25) is 4.79 Å². The van der Waals surface area contributed by atoms with E-state index in [1.165, 1.54) is 0 Å². The molecule has 0 saturated heterocycles. The molecule has 0 fully saturated rings. The third-order valence-electron chi connectivity index (χ3n) is 4.60. The fourth-order valence-corrected chi connectivity index (χ4v) is 3.23. The number of carboxylic acids is 1. The van der Waals surface area contributed by atoms with Gasteiger partial charge in [-0.25, -0.2) is 4.79 Å². The number of amides is 2. The number of carboxylic acid groups (broad SMARTS) is 1. The summed E-state index contributed by atoms with van der Waals surface area (Å²) in [4.78, 5) is 23.4. The molecule has 2 aromatic carbocycles. The van der Waals surface area contributed by atoms with Gasteiger partial charge in [0.05, 0.1) is 19.0 Å². The minimum absolute atomic E-state index is 0.0187. The van der Waals surface area contributed by atoms with E-state index in [-0.39, 0.29) is 25.0 Å². The summed E-state index contributed by atoms with van der Waals surface area (Å²) >= 11 is 0. The summed E-state index contributed by atoms with van der Waals surface area (Å²) in [7, 11) is 1.56. The van der Waals surface area contributed by atoms with Gasteiger partial charge in [-0.05, 0) is 30.5 Å². The lowest BCUT2D eigenvalue weighted by atomic mass is 10.0. The topological polar surface area (TPSA) is 101 Å². The Bertz CT molecular complexity index is 968. The highest BCUT2D eigenvalue weighted by atomic mass is 16.5. The number of hydrogen-bond acceptors (Lipinski definition) is 4. The Kier molecular flexibility index (Phi) is 6.73. The third-order valence-corrected chi connectivity index (χ3v) is 4.60. The Morgan fingerprint density at radius 2 is 1.83 bits per heavy atom. The van der Waals surface area contributed by atoms with Crippen LogP contribution in [0.2, 0.25) is 0 Å². The zero-order chi connectivity index (χ0) is 20.6. The number of urea groups is 1. The largest absolute Gasteiger partial charge is 0.492 e. The van der Waals surface area contributed by atoms with Gasteiger partial charge in [-0.15, -0.1) is 0 Å². The third kappa shape index (κ3) is 5.51. The number of ether oxygens (including phenoxy) is 1. The Morgan fingerprint density at radius 3 is 2.55 bits per heavy atom. The van der Waals surface area contributed by atoms with Crippen LogP contribution in [0.25, 0.3) is 11.0 Å². The van der Waals surface area contributed by atoms with Crippen LogP contribution < -0.4 is 15.4 Å². The fourth-order valence-electron chi connectivity index (χ4n) is 3.23. The van der Waals surface area contributed by atoms with Gasteiger partial charge in [0.2, 0.25) is 0 Å². The second-order valence-electron chi connectivity index (χ2n) is 6.70. The molecule has 7 heteroatoms. The number of carbonyl (C=O) groups excluding carboxylic acids is 1. The molecule has 1 atom stereocenters. The molecule has 3 N–H and O–H groups in total. The second-order valence-corrected chi connectivity index (χ2v) is 6.70. The molecule has 0 bridgehead atoms. The zero-order valence-corrected chi connectivity index (χ0v) is 16.2. The zero-order valence-electron chi connectivity index (χ0n) is 16.2. The van der Waals surface area contributed by atoms with E-state index in [9.17, 15) is 9.59 Å². The number of para-hydroxylation sites is 1. The first-order chi connectivity index (χ1) is 14.1. The van der Waals surface area contributed by atoms with Crippen LogP contribution >= 0.6 is 0 Å². The van der Waals surface area contributed by atoms with E-state index >= 15 is 0 Å². The monoisotopic (exact) mass is 396 g/mol. The normalized spacial score (nSPS) is 11.8. The minimum atomic E-state index is -0.891. The lowest BCUT2D eigenvalue weighted by Gasteiger charge is -2.18. The first-order valence-electron chi connectivity index (χ1n) is 9.41. The van der Waals surface area contributed by atoms with Crippen molar-refractivity contribution in [1.82, 2.24) is 10.6 Å². The van der Waals surface area contributed by atoms with Crippen LogP contribution in [-0.2, 0) is 17.8 Å². The molecule has 2 amide bonds. The van der Waals surface area contributed by atoms with Crippen LogP contribution in [-0.4, -0.2) is 30.3 Å². The Balaban J connectivity index is 1.63. The number of benzene rings is 2. The average molecular weight is 396 g/mol. The highest BCUT2D eigenvalue weighted by Gasteiger charge is 2.18. The Labute approximate surface area is 168 Å². The van der Waals surface area contributed by atoms with Crippen LogP contribution in [0.3, 0.4) is 0 Å². The van der Waals surface area contributed by atoms with Crippen molar-refractivity contribution in [3.63, 3.8) is 0 Å². The van der Waals surface area contributed by atoms with E-state index in [4.69, 9.17) is 14.3 Å². The van der Waals surface area contributed by atoms with E-state index in [1.54, 1.807) is 7.11 Å². The molecule has 0 aliphatic carbocycles. The smallest absolute Gasteiger partial charge is 0.315 e. The van der Waals surface area contributed by atoms with E-state index < -0.39 is 5.97 Å². The highest BCUT2D eigenvalue weighted by Crippen LogP contribution is 2.32. The molecule has 0 aliphatic rings. The van der Waals surface area contributed by atoms with Crippen LogP contribution in [0.15, 0.2) is 59.0 Å².